The Hall–Kier alpha value is -2.33. The maximum atomic E-state index is 12.7. The molecule has 0 heterocycles. The number of amides is 1. The highest BCUT2D eigenvalue weighted by molar-refractivity contribution is 5.99. The number of nitrogens with zero attached hydrogens (tertiary/aromatic N) is 1. The molecule has 2 aromatic carbocycles. The Labute approximate surface area is 125 Å². The van der Waals surface area contributed by atoms with Gasteiger partial charge in [0.15, 0.2) is 0 Å². The van der Waals surface area contributed by atoms with Crippen LogP contribution >= 0.6 is 0 Å². The standard InChI is InChI=1S/C17H21N3O/c1-3-20(12-14-7-5-4-6-8-14)17(21)15-10-9-13(2)11-16(15)19-18/h4-11,19H,3,12,18H2,1-2H3. The molecular formula is C17H21N3O. The highest BCUT2D eigenvalue weighted by atomic mass is 16.2. The average Bonchev–Trinajstić information content (AvgIpc) is 2.52. The first kappa shape index (κ1) is 15.1. The van der Waals surface area contributed by atoms with E-state index in [1.165, 1.54) is 0 Å². The molecular weight excluding hydrogens is 262 g/mol. The van der Waals surface area contributed by atoms with E-state index in [2.05, 4.69) is 5.43 Å². The normalized spacial score (nSPS) is 10.2. The minimum Gasteiger partial charge on any atom is -0.335 e. The number of hydrogen-bond donors (Lipinski definition) is 2. The fourth-order valence-corrected chi connectivity index (χ4v) is 2.27. The lowest BCUT2D eigenvalue weighted by Gasteiger charge is -2.22. The highest BCUT2D eigenvalue weighted by Crippen LogP contribution is 2.19. The van der Waals surface area contributed by atoms with Gasteiger partial charge in [0.05, 0.1) is 11.3 Å². The zero-order chi connectivity index (χ0) is 15.2. The van der Waals surface area contributed by atoms with Crippen molar-refractivity contribution < 1.29 is 4.79 Å². The molecule has 0 bridgehead atoms. The largest absolute Gasteiger partial charge is 0.335 e. The molecule has 0 atom stereocenters. The number of nitrogen functional groups attached to an aromatic ring is 1. The zero-order valence-electron chi connectivity index (χ0n) is 12.5. The van der Waals surface area contributed by atoms with E-state index in [1.54, 1.807) is 4.90 Å². The van der Waals surface area contributed by atoms with Gasteiger partial charge in [0, 0.05) is 13.1 Å². The van der Waals surface area contributed by atoms with Gasteiger partial charge in [0.25, 0.3) is 5.91 Å². The molecule has 0 radical (unpaired) electrons. The lowest BCUT2D eigenvalue weighted by atomic mass is 10.1. The summed E-state index contributed by atoms with van der Waals surface area (Å²) >= 11 is 0. The second-order valence-electron chi connectivity index (χ2n) is 5.00. The van der Waals surface area contributed by atoms with Gasteiger partial charge < -0.3 is 10.3 Å². The van der Waals surface area contributed by atoms with Crippen LogP contribution in [0.3, 0.4) is 0 Å². The van der Waals surface area contributed by atoms with E-state index in [0.717, 1.165) is 11.1 Å². The summed E-state index contributed by atoms with van der Waals surface area (Å²) < 4.78 is 0. The maximum Gasteiger partial charge on any atom is 0.256 e. The number of carbonyl (C=O) groups excluding carboxylic acids is 1. The van der Waals surface area contributed by atoms with Gasteiger partial charge in [0.1, 0.15) is 0 Å². The first-order chi connectivity index (χ1) is 10.2. The predicted octanol–water partition coefficient (Wildman–Crippen LogP) is 2.94. The number of rotatable bonds is 5. The highest BCUT2D eigenvalue weighted by Gasteiger charge is 2.17. The van der Waals surface area contributed by atoms with Crippen LogP contribution in [-0.2, 0) is 6.54 Å². The van der Waals surface area contributed by atoms with Crippen molar-refractivity contribution in [2.45, 2.75) is 20.4 Å². The minimum atomic E-state index is -0.0192. The van der Waals surface area contributed by atoms with Crippen molar-refractivity contribution in [1.82, 2.24) is 4.90 Å². The van der Waals surface area contributed by atoms with Crippen molar-refractivity contribution in [3.05, 3.63) is 65.2 Å². The Morgan fingerprint density at radius 1 is 1.19 bits per heavy atom. The second-order valence-corrected chi connectivity index (χ2v) is 5.00. The van der Waals surface area contributed by atoms with E-state index in [0.29, 0.717) is 24.3 Å². The third-order valence-corrected chi connectivity index (χ3v) is 3.45. The van der Waals surface area contributed by atoms with Crippen molar-refractivity contribution in [1.29, 1.82) is 0 Å². The number of carbonyl (C=O) groups is 1. The van der Waals surface area contributed by atoms with E-state index in [9.17, 15) is 4.79 Å². The van der Waals surface area contributed by atoms with E-state index >= 15 is 0 Å². The Morgan fingerprint density at radius 3 is 2.52 bits per heavy atom. The van der Waals surface area contributed by atoms with Crippen LogP contribution in [0.1, 0.15) is 28.4 Å². The van der Waals surface area contributed by atoms with Crippen molar-refractivity contribution in [3.8, 4) is 0 Å². The van der Waals surface area contributed by atoms with Gasteiger partial charge in [-0.1, -0.05) is 36.4 Å². The summed E-state index contributed by atoms with van der Waals surface area (Å²) in [5, 5.41) is 0. The Morgan fingerprint density at radius 2 is 1.90 bits per heavy atom. The molecule has 2 rings (SSSR count). The van der Waals surface area contributed by atoms with Crippen LogP contribution in [0.5, 0.6) is 0 Å². The molecule has 3 N–H and O–H groups in total. The number of nitrogens with two attached hydrogens (primary N) is 1. The number of nitrogens with one attached hydrogen (secondary N) is 1. The SMILES string of the molecule is CCN(Cc1ccccc1)C(=O)c1ccc(C)cc1NN. The molecule has 4 heteroatoms. The van der Waals surface area contributed by atoms with E-state index in [4.69, 9.17) is 5.84 Å². The summed E-state index contributed by atoms with van der Waals surface area (Å²) in [5.74, 6) is 5.51. The quantitative estimate of drug-likeness (QED) is 0.655. The zero-order valence-corrected chi connectivity index (χ0v) is 12.5. The Kier molecular flexibility index (Phi) is 4.95. The van der Waals surface area contributed by atoms with Crippen molar-refractivity contribution in [2.75, 3.05) is 12.0 Å². The van der Waals surface area contributed by atoms with Crippen molar-refractivity contribution >= 4 is 11.6 Å². The van der Waals surface area contributed by atoms with Crippen molar-refractivity contribution in [3.63, 3.8) is 0 Å². The summed E-state index contributed by atoms with van der Waals surface area (Å²) in [6.07, 6.45) is 0. The van der Waals surface area contributed by atoms with Gasteiger partial charge in [-0.05, 0) is 37.1 Å². The molecule has 21 heavy (non-hydrogen) atoms. The average molecular weight is 283 g/mol. The maximum absolute atomic E-state index is 12.7. The first-order valence-corrected chi connectivity index (χ1v) is 7.06. The second kappa shape index (κ2) is 6.90. The molecule has 1 amide bonds. The fourth-order valence-electron chi connectivity index (χ4n) is 2.27. The van der Waals surface area contributed by atoms with Gasteiger partial charge >= 0.3 is 0 Å². The van der Waals surface area contributed by atoms with E-state index < -0.39 is 0 Å². The molecule has 0 spiro atoms. The minimum absolute atomic E-state index is 0.0192. The summed E-state index contributed by atoms with van der Waals surface area (Å²) in [5.41, 5.74) is 6.04. The van der Waals surface area contributed by atoms with Crippen LogP contribution in [-0.4, -0.2) is 17.4 Å². The topological polar surface area (TPSA) is 58.4 Å². The van der Waals surface area contributed by atoms with E-state index in [1.807, 2.05) is 62.4 Å². The van der Waals surface area contributed by atoms with Gasteiger partial charge in [-0.3, -0.25) is 10.6 Å². The van der Waals surface area contributed by atoms with Gasteiger partial charge in [-0.15, -0.1) is 0 Å². The van der Waals surface area contributed by atoms with Gasteiger partial charge in [0.2, 0.25) is 0 Å². The van der Waals surface area contributed by atoms with Gasteiger partial charge in [-0.2, -0.15) is 0 Å². The van der Waals surface area contributed by atoms with Crippen LogP contribution < -0.4 is 11.3 Å². The molecule has 110 valence electrons. The molecule has 4 nitrogen and oxygen atoms in total. The number of hydrazine groups is 1. The van der Waals surface area contributed by atoms with Crippen LogP contribution in [0, 0.1) is 6.92 Å². The first-order valence-electron chi connectivity index (χ1n) is 7.06. The summed E-state index contributed by atoms with van der Waals surface area (Å²) in [6.45, 7) is 5.18. The Bertz CT molecular complexity index is 611. The molecule has 0 fully saturated rings. The summed E-state index contributed by atoms with van der Waals surface area (Å²) in [6, 6.07) is 15.6. The van der Waals surface area contributed by atoms with Crippen LogP contribution in [0.25, 0.3) is 0 Å². The molecule has 0 aliphatic rings. The lowest BCUT2D eigenvalue weighted by Crippen LogP contribution is -2.31. The molecule has 0 saturated heterocycles. The summed E-state index contributed by atoms with van der Waals surface area (Å²) in [7, 11) is 0. The molecule has 0 aromatic heterocycles. The van der Waals surface area contributed by atoms with Crippen LogP contribution in [0.15, 0.2) is 48.5 Å². The third-order valence-electron chi connectivity index (χ3n) is 3.45. The summed E-state index contributed by atoms with van der Waals surface area (Å²) in [4.78, 5) is 14.5. The van der Waals surface area contributed by atoms with Crippen molar-refractivity contribution in [2.24, 2.45) is 5.84 Å². The molecule has 2 aromatic rings. The third kappa shape index (κ3) is 3.61. The number of anilines is 1. The predicted molar refractivity (Wildman–Crippen MR) is 85.8 cm³/mol. The monoisotopic (exact) mass is 283 g/mol. The molecule has 0 aliphatic heterocycles. The molecule has 0 aliphatic carbocycles. The fraction of sp³-hybridized carbons (Fsp3) is 0.235. The molecule has 0 unspecified atom stereocenters. The number of hydrogen-bond acceptors (Lipinski definition) is 3. The number of aryl methyl sites for hydroxylation is 1. The smallest absolute Gasteiger partial charge is 0.256 e. The molecule has 0 saturated carbocycles. The lowest BCUT2D eigenvalue weighted by molar-refractivity contribution is 0.0753. The van der Waals surface area contributed by atoms with Gasteiger partial charge in [-0.25, -0.2) is 0 Å². The number of benzene rings is 2. The Balaban J connectivity index is 2.24. The van der Waals surface area contributed by atoms with E-state index in [-0.39, 0.29) is 5.91 Å². The van der Waals surface area contributed by atoms with Crippen LogP contribution in [0.2, 0.25) is 0 Å². The van der Waals surface area contributed by atoms with Crippen LogP contribution in [0.4, 0.5) is 5.69 Å².